The van der Waals surface area contributed by atoms with Gasteiger partial charge in [0.1, 0.15) is 5.75 Å². The summed E-state index contributed by atoms with van der Waals surface area (Å²) in [4.78, 5) is 12.2. The topological polar surface area (TPSA) is 54.5 Å². The predicted molar refractivity (Wildman–Crippen MR) is 99.0 cm³/mol. The molecule has 1 aliphatic heterocycles. The van der Waals surface area contributed by atoms with Gasteiger partial charge in [0.05, 0.1) is 0 Å². The molecule has 0 radical (unpaired) electrons. The molecule has 0 saturated carbocycles. The van der Waals surface area contributed by atoms with Crippen molar-refractivity contribution in [3.8, 4) is 0 Å². The average molecular weight is 357 g/mol. The van der Waals surface area contributed by atoms with E-state index in [0.29, 0.717) is 24.6 Å². The Morgan fingerprint density at radius 3 is 2.08 bits per heavy atom. The quantitative estimate of drug-likeness (QED) is 0.746. The van der Waals surface area contributed by atoms with E-state index in [1.165, 1.54) is 9.87 Å². The summed E-state index contributed by atoms with van der Waals surface area (Å²) in [6, 6.07) is 18.9. The molecule has 1 fully saturated rings. The Morgan fingerprint density at radius 2 is 1.48 bits per heavy atom. The van der Waals surface area contributed by atoms with Crippen LogP contribution < -0.4 is 0 Å². The lowest BCUT2D eigenvalue weighted by Gasteiger charge is -2.31. The summed E-state index contributed by atoms with van der Waals surface area (Å²) >= 11 is 0. The third-order valence-corrected chi connectivity index (χ3v) is 6.52. The number of Topliss-reactive ketones (excluding diaryl/α,β-unsaturated/α-hetero) is 1. The highest BCUT2D eigenvalue weighted by molar-refractivity contribution is 7.89. The monoisotopic (exact) mass is 357 g/mol. The molecule has 5 heteroatoms. The molecule has 0 spiro atoms. The van der Waals surface area contributed by atoms with E-state index in [2.05, 4.69) is 12.1 Å². The van der Waals surface area contributed by atoms with E-state index in [-0.39, 0.29) is 5.78 Å². The van der Waals surface area contributed by atoms with E-state index in [1.54, 1.807) is 24.3 Å². The minimum absolute atomic E-state index is 0.341. The van der Waals surface area contributed by atoms with Gasteiger partial charge >= 0.3 is 0 Å². The number of piperidine rings is 1. The summed E-state index contributed by atoms with van der Waals surface area (Å²) in [6.45, 7) is 1.00. The molecule has 0 aromatic heterocycles. The van der Waals surface area contributed by atoms with E-state index in [4.69, 9.17) is 0 Å². The number of benzene rings is 2. The number of carbonyl (C=O) groups excluding carboxylic acids is 1. The van der Waals surface area contributed by atoms with Crippen LogP contribution >= 0.6 is 0 Å². The fourth-order valence-corrected chi connectivity index (χ4v) is 4.75. The van der Waals surface area contributed by atoms with Crippen molar-refractivity contribution in [2.45, 2.75) is 19.3 Å². The maximum absolute atomic E-state index is 12.5. The summed E-state index contributed by atoms with van der Waals surface area (Å²) < 4.78 is 26.6. The molecule has 0 aliphatic carbocycles. The Balaban J connectivity index is 1.55. The first-order valence-electron chi connectivity index (χ1n) is 8.64. The van der Waals surface area contributed by atoms with Crippen molar-refractivity contribution >= 4 is 15.8 Å². The van der Waals surface area contributed by atoms with Crippen molar-refractivity contribution in [2.75, 3.05) is 18.8 Å². The fourth-order valence-electron chi connectivity index (χ4n) is 3.30. The van der Waals surface area contributed by atoms with Gasteiger partial charge in [-0.1, -0.05) is 60.7 Å². The van der Waals surface area contributed by atoms with Crippen molar-refractivity contribution < 1.29 is 13.2 Å². The third kappa shape index (κ3) is 4.77. The highest BCUT2D eigenvalue weighted by atomic mass is 32.2. The zero-order valence-corrected chi connectivity index (χ0v) is 15.0. The third-order valence-electron chi connectivity index (χ3n) is 4.74. The molecule has 2 aromatic rings. The van der Waals surface area contributed by atoms with Crippen LogP contribution in [0.15, 0.2) is 60.7 Å². The van der Waals surface area contributed by atoms with E-state index >= 15 is 0 Å². The van der Waals surface area contributed by atoms with Gasteiger partial charge in [-0.2, -0.15) is 0 Å². The molecule has 0 bridgehead atoms. The lowest BCUT2D eigenvalue weighted by atomic mass is 9.91. The second kappa shape index (κ2) is 7.93. The van der Waals surface area contributed by atoms with Gasteiger partial charge in [0, 0.05) is 18.7 Å². The molecule has 132 valence electrons. The van der Waals surface area contributed by atoms with Crippen LogP contribution in [0.2, 0.25) is 0 Å². The standard InChI is InChI=1S/C20H23NO3S/c22-20(19-9-5-2-6-10-19)16-25(23,24)21-13-11-18(12-14-21)15-17-7-3-1-4-8-17/h1-10,18H,11-16H2. The molecular weight excluding hydrogens is 334 g/mol. The Hall–Kier alpha value is -1.98. The molecule has 1 heterocycles. The molecule has 4 nitrogen and oxygen atoms in total. The first kappa shape index (κ1) is 17.8. The van der Waals surface area contributed by atoms with Crippen LogP contribution in [0.5, 0.6) is 0 Å². The highest BCUT2D eigenvalue weighted by Crippen LogP contribution is 2.23. The molecule has 3 rings (SSSR count). The number of nitrogens with zero attached hydrogens (tertiary/aromatic N) is 1. The lowest BCUT2D eigenvalue weighted by molar-refractivity contribution is 0.101. The Labute approximate surface area is 149 Å². The van der Waals surface area contributed by atoms with E-state index < -0.39 is 15.8 Å². The van der Waals surface area contributed by atoms with Crippen molar-refractivity contribution in [2.24, 2.45) is 5.92 Å². The molecule has 0 unspecified atom stereocenters. The van der Waals surface area contributed by atoms with Crippen LogP contribution in [0.25, 0.3) is 0 Å². The normalized spacial score (nSPS) is 16.6. The average Bonchev–Trinajstić information content (AvgIpc) is 2.63. The molecule has 25 heavy (non-hydrogen) atoms. The smallest absolute Gasteiger partial charge is 0.221 e. The lowest BCUT2D eigenvalue weighted by Crippen LogP contribution is -2.41. The maximum Gasteiger partial charge on any atom is 0.221 e. The summed E-state index contributed by atoms with van der Waals surface area (Å²) in [5.74, 6) is -0.286. The number of hydrogen-bond acceptors (Lipinski definition) is 3. The SMILES string of the molecule is O=C(CS(=O)(=O)N1CCC(Cc2ccccc2)CC1)c1ccccc1. The van der Waals surface area contributed by atoms with Gasteiger partial charge in [-0.25, -0.2) is 12.7 Å². The summed E-state index contributed by atoms with van der Waals surface area (Å²) in [5, 5.41) is 0. The molecular formula is C20H23NO3S. The second-order valence-electron chi connectivity index (χ2n) is 6.58. The maximum atomic E-state index is 12.5. The Bertz CT molecular complexity index is 795. The first-order valence-corrected chi connectivity index (χ1v) is 10.3. The zero-order chi connectivity index (χ0) is 17.7. The van der Waals surface area contributed by atoms with Crippen LogP contribution in [0, 0.1) is 5.92 Å². The molecule has 0 N–H and O–H groups in total. The highest BCUT2D eigenvalue weighted by Gasteiger charge is 2.30. The number of sulfonamides is 1. The minimum atomic E-state index is -3.54. The van der Waals surface area contributed by atoms with Crippen LogP contribution in [0.4, 0.5) is 0 Å². The first-order chi connectivity index (χ1) is 12.0. The van der Waals surface area contributed by atoms with Crippen LogP contribution in [0.3, 0.4) is 0 Å². The summed E-state index contributed by atoms with van der Waals surface area (Å²) in [6.07, 6.45) is 2.67. The van der Waals surface area contributed by atoms with E-state index in [0.717, 1.165) is 19.3 Å². The van der Waals surface area contributed by atoms with Gasteiger partial charge in [-0.15, -0.1) is 0 Å². The minimum Gasteiger partial charge on any atom is -0.293 e. The number of carbonyl (C=O) groups is 1. The van der Waals surface area contributed by atoms with E-state index in [9.17, 15) is 13.2 Å². The van der Waals surface area contributed by atoms with Gasteiger partial charge in [-0.05, 0) is 30.7 Å². The summed E-state index contributed by atoms with van der Waals surface area (Å²) in [5.41, 5.74) is 1.74. The van der Waals surface area contributed by atoms with Crippen molar-refractivity contribution in [3.63, 3.8) is 0 Å². The Morgan fingerprint density at radius 1 is 0.920 bits per heavy atom. The van der Waals surface area contributed by atoms with Crippen molar-refractivity contribution in [3.05, 3.63) is 71.8 Å². The second-order valence-corrected chi connectivity index (χ2v) is 8.55. The van der Waals surface area contributed by atoms with Gasteiger partial charge in [0.2, 0.25) is 10.0 Å². The zero-order valence-electron chi connectivity index (χ0n) is 14.2. The largest absolute Gasteiger partial charge is 0.293 e. The van der Waals surface area contributed by atoms with Crippen LogP contribution in [0.1, 0.15) is 28.8 Å². The van der Waals surface area contributed by atoms with Crippen molar-refractivity contribution in [1.29, 1.82) is 0 Å². The molecule has 0 atom stereocenters. The van der Waals surface area contributed by atoms with E-state index in [1.807, 2.05) is 24.3 Å². The van der Waals surface area contributed by atoms with Gasteiger partial charge in [-0.3, -0.25) is 4.79 Å². The summed E-state index contributed by atoms with van der Waals surface area (Å²) in [7, 11) is -3.54. The number of hydrogen-bond donors (Lipinski definition) is 0. The van der Waals surface area contributed by atoms with Crippen molar-refractivity contribution in [1.82, 2.24) is 4.31 Å². The molecule has 0 amide bonds. The number of ketones is 1. The Kier molecular flexibility index (Phi) is 5.66. The van der Waals surface area contributed by atoms with Crippen LogP contribution in [-0.4, -0.2) is 37.3 Å². The van der Waals surface area contributed by atoms with Gasteiger partial charge < -0.3 is 0 Å². The molecule has 1 saturated heterocycles. The molecule has 1 aliphatic rings. The number of rotatable bonds is 6. The van der Waals surface area contributed by atoms with Crippen LogP contribution in [-0.2, 0) is 16.4 Å². The predicted octanol–water partition coefficient (Wildman–Crippen LogP) is 3.15. The van der Waals surface area contributed by atoms with Gasteiger partial charge in [0.15, 0.2) is 5.78 Å². The fraction of sp³-hybridized carbons (Fsp3) is 0.350. The van der Waals surface area contributed by atoms with Gasteiger partial charge in [0.25, 0.3) is 0 Å². The molecule has 2 aromatic carbocycles.